The van der Waals surface area contributed by atoms with Gasteiger partial charge in [0.2, 0.25) is 0 Å². The lowest BCUT2D eigenvalue weighted by Crippen LogP contribution is -2.40. The highest BCUT2D eigenvalue weighted by molar-refractivity contribution is 5.94. The first kappa shape index (κ1) is 41.8. The van der Waals surface area contributed by atoms with Gasteiger partial charge in [-0.05, 0) is 149 Å². The summed E-state index contributed by atoms with van der Waals surface area (Å²) in [5.41, 5.74) is 17.7. The first-order chi connectivity index (χ1) is 35.2. The third kappa shape index (κ3) is 7.16. The summed E-state index contributed by atoms with van der Waals surface area (Å²) >= 11 is 0. The molecule has 0 saturated heterocycles. The fraction of sp³-hybridized carbons (Fsp3) is 0.0149. The molecule has 0 bridgehead atoms. The summed E-state index contributed by atoms with van der Waals surface area (Å²) in [5, 5.41) is 0. The van der Waals surface area contributed by atoms with Crippen molar-refractivity contribution in [2.75, 3.05) is 14.7 Å². The van der Waals surface area contributed by atoms with Gasteiger partial charge in [0, 0.05) is 50.9 Å². The van der Waals surface area contributed by atoms with E-state index in [1.54, 1.807) is 0 Å². The van der Waals surface area contributed by atoms with Crippen molar-refractivity contribution in [3.05, 3.63) is 307 Å². The van der Waals surface area contributed by atoms with E-state index in [0.717, 1.165) is 96.1 Å². The Labute approximate surface area is 415 Å². The molecule has 2 aliphatic heterocycles. The minimum absolute atomic E-state index is 0.810. The summed E-state index contributed by atoms with van der Waals surface area (Å²) in [4.78, 5) is 7.16. The maximum Gasteiger partial charge on any atom is 0.132 e. The minimum atomic E-state index is -0.899. The van der Waals surface area contributed by atoms with Crippen molar-refractivity contribution < 1.29 is 4.74 Å². The monoisotopic (exact) mass is 909 g/mol. The van der Waals surface area contributed by atoms with Gasteiger partial charge in [0.25, 0.3) is 0 Å². The number of hydrogen-bond donors (Lipinski definition) is 0. The summed E-state index contributed by atoms with van der Waals surface area (Å²) < 4.78 is 7.26. The molecule has 11 aromatic rings. The summed E-state index contributed by atoms with van der Waals surface area (Å²) in [6.45, 7) is 0. The van der Waals surface area contributed by atoms with Crippen LogP contribution in [0.3, 0.4) is 0 Å². The number of para-hydroxylation sites is 5. The maximum absolute atomic E-state index is 7.26. The van der Waals surface area contributed by atoms with Gasteiger partial charge in [0.05, 0.1) is 16.8 Å². The van der Waals surface area contributed by atoms with E-state index in [0.29, 0.717) is 0 Å². The van der Waals surface area contributed by atoms with Crippen molar-refractivity contribution in [2.45, 2.75) is 5.41 Å². The summed E-state index contributed by atoms with van der Waals surface area (Å²) in [6.07, 6.45) is 0. The van der Waals surface area contributed by atoms with Crippen LogP contribution < -0.4 is 19.4 Å². The fourth-order valence-electron chi connectivity index (χ4n) is 10.9. The van der Waals surface area contributed by atoms with Crippen LogP contribution in [0.2, 0.25) is 0 Å². The van der Waals surface area contributed by atoms with Crippen LogP contribution >= 0.6 is 0 Å². The molecule has 4 heteroatoms. The molecule has 0 saturated carbocycles. The SMILES string of the molecule is c1ccc(-c2ccc(N3c4ccccc4C4(c5cc(N(c6ccccc6)c6ccccc6)ccc5Oc5ccc(N(c6ccccc6)c6ccccc6)cc54)c4cc(-c5ccccc5)ccc43)cc2)cc1. The van der Waals surface area contributed by atoms with E-state index < -0.39 is 5.41 Å². The van der Waals surface area contributed by atoms with Crippen LogP contribution in [0.1, 0.15) is 22.3 Å². The summed E-state index contributed by atoms with van der Waals surface area (Å²) in [5.74, 6) is 1.62. The van der Waals surface area contributed by atoms with Crippen LogP contribution in [-0.2, 0) is 5.41 Å². The molecule has 0 amide bonds. The molecule has 11 aromatic carbocycles. The van der Waals surface area contributed by atoms with Gasteiger partial charge >= 0.3 is 0 Å². The standard InChI is InChI=1S/C67H47N3O/c1-7-21-48(22-8-1)50-35-38-56(39-36-50)70-63-34-20-19-33-59(63)67(60-45-51(37-42-64(60)70)49-23-9-2-10-24-49)61-46-57(68(52-25-11-3-12-26-52)53-27-13-4-14-28-53)40-43-65(61)71-66-44-41-58(47-62(66)67)69(54-29-15-5-16-30-54)55-31-17-6-18-32-55/h1-47H. The van der Waals surface area contributed by atoms with Crippen LogP contribution in [-0.4, -0.2) is 0 Å². The van der Waals surface area contributed by atoms with Crippen LogP contribution in [0.15, 0.2) is 285 Å². The van der Waals surface area contributed by atoms with Gasteiger partial charge in [-0.1, -0.05) is 170 Å². The number of rotatable bonds is 9. The van der Waals surface area contributed by atoms with Crippen molar-refractivity contribution in [1.29, 1.82) is 0 Å². The fourth-order valence-corrected chi connectivity index (χ4v) is 10.9. The highest BCUT2D eigenvalue weighted by Crippen LogP contribution is 2.64. The third-order valence-electron chi connectivity index (χ3n) is 14.1. The van der Waals surface area contributed by atoms with Crippen LogP contribution in [0, 0.1) is 0 Å². The Kier molecular flexibility index (Phi) is 10.4. The van der Waals surface area contributed by atoms with Gasteiger partial charge in [0.15, 0.2) is 0 Å². The second-order valence-electron chi connectivity index (χ2n) is 18.1. The predicted molar refractivity (Wildman–Crippen MR) is 293 cm³/mol. The van der Waals surface area contributed by atoms with Gasteiger partial charge in [-0.15, -0.1) is 0 Å². The number of benzene rings is 11. The maximum atomic E-state index is 7.26. The average Bonchev–Trinajstić information content (AvgIpc) is 3.45. The Morgan fingerprint density at radius 1 is 0.268 bits per heavy atom. The normalized spacial score (nSPS) is 12.7. The molecular formula is C67H47N3O. The quantitative estimate of drug-likeness (QED) is 0.144. The zero-order chi connectivity index (χ0) is 47.1. The van der Waals surface area contributed by atoms with E-state index in [1.165, 1.54) is 11.1 Å². The first-order valence-corrected chi connectivity index (χ1v) is 24.2. The van der Waals surface area contributed by atoms with E-state index >= 15 is 0 Å². The predicted octanol–water partition coefficient (Wildman–Crippen LogP) is 18.2. The van der Waals surface area contributed by atoms with Crippen LogP contribution in [0.25, 0.3) is 22.3 Å². The number of nitrogens with zero attached hydrogens (tertiary/aromatic N) is 3. The molecule has 2 heterocycles. The lowest BCUT2D eigenvalue weighted by atomic mass is 9.60. The molecule has 13 rings (SSSR count). The molecule has 0 aromatic heterocycles. The topological polar surface area (TPSA) is 19.0 Å². The molecule has 336 valence electrons. The summed E-state index contributed by atoms with van der Waals surface area (Å²) in [6, 6.07) is 103. The van der Waals surface area contributed by atoms with Crippen LogP contribution in [0.4, 0.5) is 51.2 Å². The smallest absolute Gasteiger partial charge is 0.132 e. The zero-order valence-electron chi connectivity index (χ0n) is 38.9. The van der Waals surface area contributed by atoms with Gasteiger partial charge in [-0.3, -0.25) is 0 Å². The Hall–Kier alpha value is -9.38. The Morgan fingerprint density at radius 2 is 0.648 bits per heavy atom. The van der Waals surface area contributed by atoms with Crippen molar-refractivity contribution in [2.24, 2.45) is 0 Å². The van der Waals surface area contributed by atoms with Crippen molar-refractivity contribution in [3.8, 4) is 33.8 Å². The molecule has 4 nitrogen and oxygen atoms in total. The van der Waals surface area contributed by atoms with Gasteiger partial charge in [-0.2, -0.15) is 0 Å². The van der Waals surface area contributed by atoms with Crippen LogP contribution in [0.5, 0.6) is 11.5 Å². The molecule has 0 aliphatic carbocycles. The van der Waals surface area contributed by atoms with Crippen molar-refractivity contribution in [1.82, 2.24) is 0 Å². The molecule has 1 spiro atoms. The van der Waals surface area contributed by atoms with Gasteiger partial charge < -0.3 is 19.4 Å². The van der Waals surface area contributed by atoms with E-state index in [4.69, 9.17) is 4.74 Å². The number of ether oxygens (including phenoxy) is 1. The Morgan fingerprint density at radius 3 is 1.13 bits per heavy atom. The first-order valence-electron chi connectivity index (χ1n) is 24.2. The van der Waals surface area contributed by atoms with Gasteiger partial charge in [0.1, 0.15) is 11.5 Å². The molecular weight excluding hydrogens is 863 g/mol. The molecule has 71 heavy (non-hydrogen) atoms. The minimum Gasteiger partial charge on any atom is -0.457 e. The molecule has 0 atom stereocenters. The largest absolute Gasteiger partial charge is 0.457 e. The van der Waals surface area contributed by atoms with E-state index in [-0.39, 0.29) is 0 Å². The average molecular weight is 910 g/mol. The molecule has 0 N–H and O–H groups in total. The Bertz CT molecular complexity index is 3450. The number of hydrogen-bond acceptors (Lipinski definition) is 4. The van der Waals surface area contributed by atoms with Crippen molar-refractivity contribution >= 4 is 51.2 Å². The van der Waals surface area contributed by atoms with E-state index in [9.17, 15) is 0 Å². The number of fused-ring (bicyclic) bond motifs is 8. The molecule has 0 fully saturated rings. The molecule has 0 radical (unpaired) electrons. The Balaban J connectivity index is 1.13. The third-order valence-corrected chi connectivity index (χ3v) is 14.1. The lowest BCUT2D eigenvalue weighted by Gasteiger charge is -2.49. The molecule has 0 unspecified atom stereocenters. The zero-order valence-corrected chi connectivity index (χ0v) is 38.9. The second-order valence-corrected chi connectivity index (χ2v) is 18.1. The van der Waals surface area contributed by atoms with Gasteiger partial charge in [-0.25, -0.2) is 0 Å². The van der Waals surface area contributed by atoms with Crippen molar-refractivity contribution in [3.63, 3.8) is 0 Å². The summed E-state index contributed by atoms with van der Waals surface area (Å²) in [7, 11) is 0. The molecule has 2 aliphatic rings. The second kappa shape index (κ2) is 17.6. The number of anilines is 9. The van der Waals surface area contributed by atoms with E-state index in [2.05, 4.69) is 300 Å². The van der Waals surface area contributed by atoms with E-state index in [1.807, 2.05) is 0 Å². The highest BCUT2D eigenvalue weighted by Gasteiger charge is 2.52. The highest BCUT2D eigenvalue weighted by atomic mass is 16.5. The lowest BCUT2D eigenvalue weighted by molar-refractivity contribution is 0.434.